The van der Waals surface area contributed by atoms with Crippen LogP contribution >= 0.6 is 27.3 Å². The molecule has 0 amide bonds. The van der Waals surface area contributed by atoms with Crippen molar-refractivity contribution in [3.05, 3.63) is 26.4 Å². The third-order valence-corrected chi connectivity index (χ3v) is 4.51. The van der Waals surface area contributed by atoms with Gasteiger partial charge >= 0.3 is 5.97 Å². The number of ether oxygens (including phenoxy) is 1. The Labute approximate surface area is 115 Å². The zero-order chi connectivity index (χ0) is 13.0. The van der Waals surface area contributed by atoms with E-state index >= 15 is 0 Å². The lowest BCUT2D eigenvalue weighted by Crippen LogP contribution is -2.03. The average molecular weight is 317 g/mol. The molecule has 0 aliphatic rings. The van der Waals surface area contributed by atoms with E-state index in [1.54, 1.807) is 17.4 Å². The van der Waals surface area contributed by atoms with E-state index < -0.39 is 0 Å². The fourth-order valence-electron chi connectivity index (χ4n) is 1.44. The quantitative estimate of drug-likeness (QED) is 0.607. The molecule has 0 fully saturated rings. The van der Waals surface area contributed by atoms with Crippen LogP contribution in [0.4, 0.5) is 0 Å². The summed E-state index contributed by atoms with van der Waals surface area (Å²) in [5.74, 6) is 0.0303. The molecule has 0 saturated carbocycles. The van der Waals surface area contributed by atoms with E-state index in [1.807, 2.05) is 13.8 Å². The van der Waals surface area contributed by atoms with Crippen molar-refractivity contribution in [1.82, 2.24) is 0 Å². The molecule has 0 saturated heterocycles. The maximum Gasteiger partial charge on any atom is 0.331 e. The first-order valence-electron chi connectivity index (χ1n) is 5.60. The van der Waals surface area contributed by atoms with Gasteiger partial charge in [0.2, 0.25) is 0 Å². The summed E-state index contributed by atoms with van der Waals surface area (Å²) < 4.78 is 6.07. The van der Waals surface area contributed by atoms with Gasteiger partial charge in [0.05, 0.1) is 10.4 Å². The highest BCUT2D eigenvalue weighted by atomic mass is 79.9. The summed E-state index contributed by atoms with van der Waals surface area (Å²) in [6.07, 6.45) is 1.60. The number of hydrogen-bond donors (Lipinski definition) is 0. The molecule has 17 heavy (non-hydrogen) atoms. The number of allylic oxidation sites excluding steroid dienone is 1. The van der Waals surface area contributed by atoms with E-state index in [9.17, 15) is 4.79 Å². The lowest BCUT2D eigenvalue weighted by molar-refractivity contribution is -0.137. The standard InChI is InChI=1S/C13H17BrO2S/c1-5-16-12(15)7-10(8(2)3)11-6-9(4)13(14)17-11/h6-8H,5H2,1-4H3. The average Bonchev–Trinajstić information content (AvgIpc) is 2.55. The molecule has 0 N–H and O–H groups in total. The molecule has 1 aromatic rings. The second-order valence-corrected chi connectivity index (χ2v) is 6.44. The largest absolute Gasteiger partial charge is 0.463 e. The molecule has 2 nitrogen and oxygen atoms in total. The summed E-state index contributed by atoms with van der Waals surface area (Å²) in [4.78, 5) is 12.6. The van der Waals surface area contributed by atoms with Crippen molar-refractivity contribution >= 4 is 38.8 Å². The Kier molecular flexibility index (Phi) is 5.40. The Hall–Kier alpha value is -0.610. The van der Waals surface area contributed by atoms with Crippen molar-refractivity contribution in [1.29, 1.82) is 0 Å². The van der Waals surface area contributed by atoms with Crippen LogP contribution in [0.1, 0.15) is 31.2 Å². The minimum Gasteiger partial charge on any atom is -0.463 e. The van der Waals surface area contributed by atoms with Gasteiger partial charge in [-0.05, 0) is 52.9 Å². The van der Waals surface area contributed by atoms with E-state index in [4.69, 9.17) is 4.74 Å². The van der Waals surface area contributed by atoms with Gasteiger partial charge in [0, 0.05) is 11.0 Å². The highest BCUT2D eigenvalue weighted by molar-refractivity contribution is 9.11. The van der Waals surface area contributed by atoms with Crippen molar-refractivity contribution in [2.75, 3.05) is 6.61 Å². The van der Waals surface area contributed by atoms with Gasteiger partial charge in [-0.15, -0.1) is 11.3 Å². The summed E-state index contributed by atoms with van der Waals surface area (Å²) >= 11 is 5.16. The molecule has 4 heteroatoms. The van der Waals surface area contributed by atoms with E-state index in [2.05, 4.69) is 35.8 Å². The van der Waals surface area contributed by atoms with Crippen molar-refractivity contribution in [3.8, 4) is 0 Å². The van der Waals surface area contributed by atoms with Gasteiger partial charge < -0.3 is 4.74 Å². The number of carbonyl (C=O) groups excluding carboxylic acids is 1. The summed E-state index contributed by atoms with van der Waals surface area (Å²) in [6, 6.07) is 2.10. The smallest absolute Gasteiger partial charge is 0.331 e. The Bertz CT molecular complexity index is 413. The second-order valence-electron chi connectivity index (χ2n) is 4.07. The molecule has 0 radical (unpaired) electrons. The zero-order valence-electron chi connectivity index (χ0n) is 10.5. The summed E-state index contributed by atoms with van der Waals surface area (Å²) in [6.45, 7) is 8.43. The number of thiophene rings is 1. The monoisotopic (exact) mass is 316 g/mol. The summed E-state index contributed by atoms with van der Waals surface area (Å²) in [7, 11) is 0. The Morgan fingerprint density at radius 3 is 2.65 bits per heavy atom. The molecule has 0 atom stereocenters. The molecule has 1 aromatic heterocycles. The highest BCUT2D eigenvalue weighted by Gasteiger charge is 2.13. The fraction of sp³-hybridized carbons (Fsp3) is 0.462. The van der Waals surface area contributed by atoms with Gasteiger partial charge in [-0.3, -0.25) is 0 Å². The first-order chi connectivity index (χ1) is 7.95. The van der Waals surface area contributed by atoms with Crippen LogP contribution in [0.25, 0.3) is 5.57 Å². The first-order valence-corrected chi connectivity index (χ1v) is 7.21. The molecule has 0 spiro atoms. The fourth-order valence-corrected chi connectivity index (χ4v) is 3.13. The van der Waals surface area contributed by atoms with Crippen LogP contribution in [-0.4, -0.2) is 12.6 Å². The SMILES string of the molecule is CCOC(=O)C=C(c1cc(C)c(Br)s1)C(C)C. The molecule has 94 valence electrons. The second kappa shape index (κ2) is 6.36. The van der Waals surface area contributed by atoms with Crippen LogP contribution in [0, 0.1) is 12.8 Å². The van der Waals surface area contributed by atoms with Crippen LogP contribution in [0.5, 0.6) is 0 Å². The maximum atomic E-state index is 11.5. The molecule has 0 aliphatic carbocycles. The van der Waals surface area contributed by atoms with Gasteiger partial charge in [-0.2, -0.15) is 0 Å². The molecular weight excluding hydrogens is 300 g/mol. The molecular formula is C13H17BrO2S. The number of hydrogen-bond acceptors (Lipinski definition) is 3. The minimum absolute atomic E-state index is 0.265. The van der Waals surface area contributed by atoms with E-state index in [-0.39, 0.29) is 5.97 Å². The van der Waals surface area contributed by atoms with Crippen LogP contribution in [0.15, 0.2) is 15.9 Å². The lowest BCUT2D eigenvalue weighted by atomic mass is 10.0. The van der Waals surface area contributed by atoms with Gasteiger partial charge in [0.25, 0.3) is 0 Å². The van der Waals surface area contributed by atoms with Gasteiger partial charge in [-0.25, -0.2) is 4.79 Å². The first kappa shape index (κ1) is 14.5. The summed E-state index contributed by atoms with van der Waals surface area (Å²) in [5.41, 5.74) is 2.22. The predicted octanol–water partition coefficient (Wildman–Crippen LogP) is 4.42. The topological polar surface area (TPSA) is 26.3 Å². The molecule has 1 heterocycles. The zero-order valence-corrected chi connectivity index (χ0v) is 12.9. The van der Waals surface area contributed by atoms with Crippen molar-refractivity contribution in [2.45, 2.75) is 27.7 Å². The number of carbonyl (C=O) groups is 1. The molecule has 0 unspecified atom stereocenters. The summed E-state index contributed by atoms with van der Waals surface area (Å²) in [5, 5.41) is 0. The Morgan fingerprint density at radius 2 is 2.24 bits per heavy atom. The van der Waals surface area contributed by atoms with Gasteiger partial charge in [0.15, 0.2) is 0 Å². The number of rotatable bonds is 4. The van der Waals surface area contributed by atoms with Crippen LogP contribution in [0.2, 0.25) is 0 Å². The van der Waals surface area contributed by atoms with Crippen LogP contribution in [-0.2, 0) is 9.53 Å². The number of esters is 1. The van der Waals surface area contributed by atoms with Crippen LogP contribution < -0.4 is 0 Å². The molecule has 1 rings (SSSR count). The van der Waals surface area contributed by atoms with E-state index in [1.165, 1.54) is 5.56 Å². The van der Waals surface area contributed by atoms with E-state index in [0.29, 0.717) is 12.5 Å². The maximum absolute atomic E-state index is 11.5. The van der Waals surface area contributed by atoms with E-state index in [0.717, 1.165) is 14.2 Å². The predicted molar refractivity (Wildman–Crippen MR) is 76.2 cm³/mol. The normalized spacial score (nSPS) is 12.0. The number of aryl methyl sites for hydroxylation is 1. The van der Waals surface area contributed by atoms with Gasteiger partial charge in [0.1, 0.15) is 0 Å². The third kappa shape index (κ3) is 3.96. The Morgan fingerprint density at radius 1 is 1.59 bits per heavy atom. The van der Waals surface area contributed by atoms with Crippen molar-refractivity contribution in [3.63, 3.8) is 0 Å². The van der Waals surface area contributed by atoms with Crippen LogP contribution in [0.3, 0.4) is 0 Å². The minimum atomic E-state index is -0.265. The van der Waals surface area contributed by atoms with Crippen molar-refractivity contribution in [2.24, 2.45) is 5.92 Å². The Balaban J connectivity index is 3.05. The number of halogens is 1. The molecule has 0 aliphatic heterocycles. The molecule has 0 aromatic carbocycles. The van der Waals surface area contributed by atoms with Gasteiger partial charge in [-0.1, -0.05) is 13.8 Å². The highest BCUT2D eigenvalue weighted by Crippen LogP contribution is 2.35. The molecule has 0 bridgehead atoms. The lowest BCUT2D eigenvalue weighted by Gasteiger charge is -2.08. The third-order valence-electron chi connectivity index (χ3n) is 2.32. The van der Waals surface area contributed by atoms with Crippen molar-refractivity contribution < 1.29 is 9.53 Å².